The largest absolute Gasteiger partial charge is 0.394 e. The molecule has 0 amide bonds. The van der Waals surface area contributed by atoms with Gasteiger partial charge in [-0.1, -0.05) is 6.92 Å². The molecule has 2 N–H and O–H groups in total. The molecule has 1 aromatic heterocycles. The van der Waals surface area contributed by atoms with Crippen molar-refractivity contribution in [3.05, 3.63) is 5.82 Å². The summed E-state index contributed by atoms with van der Waals surface area (Å²) in [4.78, 5) is 4.33. The van der Waals surface area contributed by atoms with Crippen LogP contribution in [0.4, 0.5) is 5.13 Å². The minimum atomic E-state index is -0.321. The number of anilines is 1. The summed E-state index contributed by atoms with van der Waals surface area (Å²) < 4.78 is 9.18. The Labute approximate surface area is 100 Å². The Kier molecular flexibility index (Phi) is 5.11. The first-order valence-corrected chi connectivity index (χ1v) is 6.11. The highest BCUT2D eigenvalue weighted by atomic mass is 32.1. The summed E-state index contributed by atoms with van der Waals surface area (Å²) in [5.74, 6) is 0.783. The zero-order valence-electron chi connectivity index (χ0n) is 9.99. The Morgan fingerprint density at radius 1 is 1.56 bits per heavy atom. The fourth-order valence-electron chi connectivity index (χ4n) is 1.10. The van der Waals surface area contributed by atoms with E-state index in [-0.39, 0.29) is 12.1 Å². The fraction of sp³-hybridized carbons (Fsp3) is 0.800. The maximum Gasteiger partial charge on any atom is 0.203 e. The molecule has 92 valence electrons. The molecule has 0 saturated heterocycles. The third-order valence-electron chi connectivity index (χ3n) is 2.54. The van der Waals surface area contributed by atoms with E-state index in [2.05, 4.69) is 14.7 Å². The van der Waals surface area contributed by atoms with E-state index in [1.165, 1.54) is 11.5 Å². The van der Waals surface area contributed by atoms with Gasteiger partial charge in [0.2, 0.25) is 5.13 Å². The molecule has 1 rings (SSSR count). The van der Waals surface area contributed by atoms with Crippen LogP contribution in [0, 0.1) is 0 Å². The number of rotatable bonds is 7. The molecular weight excluding hydrogens is 226 g/mol. The lowest BCUT2D eigenvalue weighted by molar-refractivity contribution is 0.200. The zero-order chi connectivity index (χ0) is 12.0. The normalized spacial score (nSPS) is 14.8. The van der Waals surface area contributed by atoms with Gasteiger partial charge in [-0.25, -0.2) is 4.98 Å². The van der Waals surface area contributed by atoms with E-state index in [0.717, 1.165) is 23.8 Å². The van der Waals surface area contributed by atoms with Gasteiger partial charge in [0, 0.05) is 25.1 Å². The van der Waals surface area contributed by atoms with Crippen molar-refractivity contribution in [2.75, 3.05) is 25.6 Å². The van der Waals surface area contributed by atoms with Gasteiger partial charge in [0.05, 0.1) is 18.8 Å². The van der Waals surface area contributed by atoms with Crippen LogP contribution in [-0.4, -0.2) is 40.3 Å². The van der Waals surface area contributed by atoms with Gasteiger partial charge < -0.3 is 15.2 Å². The zero-order valence-corrected chi connectivity index (χ0v) is 10.8. The van der Waals surface area contributed by atoms with Gasteiger partial charge in [-0.15, -0.1) is 0 Å². The van der Waals surface area contributed by atoms with E-state index in [0.29, 0.717) is 6.61 Å². The van der Waals surface area contributed by atoms with E-state index in [4.69, 9.17) is 4.74 Å². The second-order valence-electron chi connectivity index (χ2n) is 3.96. The Hall–Kier alpha value is -0.720. The topological polar surface area (TPSA) is 67.3 Å². The molecule has 1 heterocycles. The maximum absolute atomic E-state index is 9.27. The predicted molar refractivity (Wildman–Crippen MR) is 64.9 cm³/mol. The second kappa shape index (κ2) is 6.12. The molecule has 0 aromatic carbocycles. The van der Waals surface area contributed by atoms with Gasteiger partial charge in [-0.3, -0.25) is 0 Å². The summed E-state index contributed by atoms with van der Waals surface area (Å²) >= 11 is 1.32. The standard InChI is InChI=1S/C10H19N3O2S/c1-4-10(2,7-14)12-9-11-8(13-16-9)5-6-15-3/h14H,4-7H2,1-3H3,(H,11,12,13). The number of nitrogens with zero attached hydrogens (tertiary/aromatic N) is 2. The highest BCUT2D eigenvalue weighted by Gasteiger charge is 2.22. The van der Waals surface area contributed by atoms with Crippen LogP contribution in [0.3, 0.4) is 0 Å². The Morgan fingerprint density at radius 2 is 2.31 bits per heavy atom. The lowest BCUT2D eigenvalue weighted by atomic mass is 10.0. The van der Waals surface area contributed by atoms with Crippen LogP contribution < -0.4 is 5.32 Å². The van der Waals surface area contributed by atoms with E-state index >= 15 is 0 Å². The molecular formula is C10H19N3O2S. The van der Waals surface area contributed by atoms with Crippen molar-refractivity contribution < 1.29 is 9.84 Å². The number of methoxy groups -OCH3 is 1. The van der Waals surface area contributed by atoms with Gasteiger partial charge in [0.25, 0.3) is 0 Å². The fourth-order valence-corrected chi connectivity index (χ4v) is 1.86. The molecule has 0 fully saturated rings. The number of nitrogens with one attached hydrogen (secondary N) is 1. The highest BCUT2D eigenvalue weighted by molar-refractivity contribution is 7.09. The molecule has 0 aliphatic rings. The van der Waals surface area contributed by atoms with E-state index < -0.39 is 0 Å². The number of hydrogen-bond acceptors (Lipinski definition) is 6. The summed E-state index contributed by atoms with van der Waals surface area (Å²) in [6.45, 7) is 4.69. The van der Waals surface area contributed by atoms with Crippen molar-refractivity contribution in [2.45, 2.75) is 32.2 Å². The van der Waals surface area contributed by atoms with Crippen LogP contribution in [0.5, 0.6) is 0 Å². The van der Waals surface area contributed by atoms with Crippen LogP contribution in [0.25, 0.3) is 0 Å². The predicted octanol–water partition coefficient (Wildman–Crippen LogP) is 1.30. The van der Waals surface area contributed by atoms with Gasteiger partial charge in [0.1, 0.15) is 5.82 Å². The summed E-state index contributed by atoms with van der Waals surface area (Å²) in [6, 6.07) is 0. The second-order valence-corrected chi connectivity index (χ2v) is 4.71. The van der Waals surface area contributed by atoms with Crippen molar-refractivity contribution in [1.29, 1.82) is 0 Å². The molecule has 0 bridgehead atoms. The van der Waals surface area contributed by atoms with Crippen LogP contribution in [0.15, 0.2) is 0 Å². The number of aromatic nitrogens is 2. The molecule has 5 nitrogen and oxygen atoms in total. The third-order valence-corrected chi connectivity index (χ3v) is 3.20. The summed E-state index contributed by atoms with van der Waals surface area (Å²) in [5, 5.41) is 13.2. The minimum absolute atomic E-state index is 0.0798. The van der Waals surface area contributed by atoms with Gasteiger partial charge in [-0.2, -0.15) is 4.37 Å². The first-order valence-electron chi connectivity index (χ1n) is 5.34. The summed E-state index contributed by atoms with van der Waals surface area (Å²) in [5.41, 5.74) is -0.321. The average molecular weight is 245 g/mol. The molecule has 0 spiro atoms. The smallest absolute Gasteiger partial charge is 0.203 e. The quantitative estimate of drug-likeness (QED) is 0.758. The summed E-state index contributed by atoms with van der Waals surface area (Å²) in [6.07, 6.45) is 1.55. The minimum Gasteiger partial charge on any atom is -0.394 e. The average Bonchev–Trinajstić information content (AvgIpc) is 2.73. The number of aliphatic hydroxyl groups is 1. The first kappa shape index (κ1) is 13.3. The number of aliphatic hydroxyl groups excluding tert-OH is 1. The Balaban J connectivity index is 2.57. The van der Waals surface area contributed by atoms with Crippen LogP contribution >= 0.6 is 11.5 Å². The molecule has 0 aliphatic heterocycles. The van der Waals surface area contributed by atoms with Crippen molar-refractivity contribution in [3.8, 4) is 0 Å². The lowest BCUT2D eigenvalue weighted by Gasteiger charge is -2.26. The van der Waals surface area contributed by atoms with E-state index in [9.17, 15) is 5.11 Å². The maximum atomic E-state index is 9.27. The molecule has 1 unspecified atom stereocenters. The molecule has 1 aromatic rings. The van der Waals surface area contributed by atoms with Crippen LogP contribution in [0.2, 0.25) is 0 Å². The molecule has 0 aliphatic carbocycles. The molecule has 6 heteroatoms. The SMILES string of the molecule is CCC(C)(CO)Nc1nc(CCOC)ns1. The molecule has 0 radical (unpaired) electrons. The van der Waals surface area contributed by atoms with Crippen molar-refractivity contribution >= 4 is 16.7 Å². The van der Waals surface area contributed by atoms with Gasteiger partial charge >= 0.3 is 0 Å². The third kappa shape index (κ3) is 3.70. The summed E-state index contributed by atoms with van der Waals surface area (Å²) in [7, 11) is 1.66. The Morgan fingerprint density at radius 3 is 2.88 bits per heavy atom. The van der Waals surface area contributed by atoms with Crippen molar-refractivity contribution in [2.24, 2.45) is 0 Å². The van der Waals surface area contributed by atoms with Crippen LogP contribution in [-0.2, 0) is 11.2 Å². The number of hydrogen-bond donors (Lipinski definition) is 2. The van der Waals surface area contributed by atoms with Gasteiger partial charge in [-0.05, 0) is 13.3 Å². The van der Waals surface area contributed by atoms with Crippen molar-refractivity contribution in [1.82, 2.24) is 9.36 Å². The van der Waals surface area contributed by atoms with E-state index in [1.54, 1.807) is 7.11 Å². The Bertz CT molecular complexity index is 313. The first-order chi connectivity index (χ1) is 7.63. The van der Waals surface area contributed by atoms with E-state index in [1.807, 2.05) is 13.8 Å². The highest BCUT2D eigenvalue weighted by Crippen LogP contribution is 2.19. The molecule has 1 atom stereocenters. The van der Waals surface area contributed by atoms with Gasteiger partial charge in [0.15, 0.2) is 0 Å². The lowest BCUT2D eigenvalue weighted by Crippen LogP contribution is -2.37. The van der Waals surface area contributed by atoms with Crippen LogP contribution in [0.1, 0.15) is 26.1 Å². The van der Waals surface area contributed by atoms with Crippen molar-refractivity contribution in [3.63, 3.8) is 0 Å². The number of ether oxygens (including phenoxy) is 1. The molecule has 16 heavy (non-hydrogen) atoms. The molecule has 0 saturated carbocycles. The monoisotopic (exact) mass is 245 g/mol.